The Bertz CT molecular complexity index is 1380. The number of carbonyl (C=O) groups excluding carboxylic acids is 1. The van der Waals surface area contributed by atoms with Crippen LogP contribution in [-0.2, 0) is 21.4 Å². The molecule has 5 rings (SSSR count). The first-order valence-corrected chi connectivity index (χ1v) is 13.3. The number of carbonyl (C=O) groups is 1. The first-order valence-electron chi connectivity index (χ1n) is 11.1. The van der Waals surface area contributed by atoms with Crippen LogP contribution < -0.4 is 4.87 Å². The quantitative estimate of drug-likeness (QED) is 0.558. The molecule has 0 unspecified atom stereocenters. The third-order valence-electron chi connectivity index (χ3n) is 6.35. The first kappa shape index (κ1) is 22.1. The van der Waals surface area contributed by atoms with Gasteiger partial charge in [-0.3, -0.25) is 14.2 Å². The summed E-state index contributed by atoms with van der Waals surface area (Å²) < 4.78 is 30.0. The number of thiazole rings is 1. The van der Waals surface area contributed by atoms with Crippen molar-refractivity contribution in [2.45, 2.75) is 30.7 Å². The SMILES string of the molecule is O=C(Cn1c(=O)sc2cc(S(=O)(=O)N3CC=C(c4ccccc4)CC3)ccc21)N1CCCC1. The minimum Gasteiger partial charge on any atom is -0.341 e. The van der Waals surface area contributed by atoms with Crippen LogP contribution in [0.25, 0.3) is 15.8 Å². The van der Waals surface area contributed by atoms with E-state index in [9.17, 15) is 18.0 Å². The number of nitrogens with zero attached hydrogens (tertiary/aromatic N) is 3. The van der Waals surface area contributed by atoms with E-state index in [1.807, 2.05) is 36.4 Å². The maximum absolute atomic E-state index is 13.3. The van der Waals surface area contributed by atoms with Gasteiger partial charge in [-0.05, 0) is 48.6 Å². The molecule has 0 bridgehead atoms. The molecule has 1 amide bonds. The van der Waals surface area contributed by atoms with Crippen LogP contribution in [0.5, 0.6) is 0 Å². The van der Waals surface area contributed by atoms with Gasteiger partial charge in [0.2, 0.25) is 15.9 Å². The van der Waals surface area contributed by atoms with Crippen molar-refractivity contribution >= 4 is 43.1 Å². The summed E-state index contributed by atoms with van der Waals surface area (Å²) in [4.78, 5) is 26.8. The average Bonchev–Trinajstić information content (AvgIpc) is 3.48. The normalized spacial score (nSPS) is 17.5. The first-order chi connectivity index (χ1) is 15.9. The van der Waals surface area contributed by atoms with Crippen molar-refractivity contribution in [3.8, 4) is 0 Å². The molecular formula is C24H25N3O4S2. The molecule has 2 aliphatic rings. The molecule has 172 valence electrons. The van der Waals surface area contributed by atoms with Crippen LogP contribution in [0.4, 0.5) is 0 Å². The number of amides is 1. The Hall–Kier alpha value is -2.75. The van der Waals surface area contributed by atoms with Gasteiger partial charge in [-0.2, -0.15) is 4.31 Å². The summed E-state index contributed by atoms with van der Waals surface area (Å²) in [6, 6.07) is 14.7. The Morgan fingerprint density at radius 2 is 1.76 bits per heavy atom. The van der Waals surface area contributed by atoms with E-state index in [2.05, 4.69) is 0 Å². The average molecular weight is 484 g/mol. The third kappa shape index (κ3) is 4.28. The summed E-state index contributed by atoms with van der Waals surface area (Å²) in [5, 5.41) is 0. The molecule has 0 N–H and O–H groups in total. The molecule has 2 aliphatic heterocycles. The highest BCUT2D eigenvalue weighted by atomic mass is 32.2. The molecule has 0 spiro atoms. The van der Waals surface area contributed by atoms with Crippen molar-refractivity contribution in [2.75, 3.05) is 26.2 Å². The number of fused-ring (bicyclic) bond motifs is 1. The van der Waals surface area contributed by atoms with Crippen LogP contribution in [0.2, 0.25) is 0 Å². The number of likely N-dealkylation sites (tertiary alicyclic amines) is 1. The van der Waals surface area contributed by atoms with Gasteiger partial charge in [-0.25, -0.2) is 8.42 Å². The fourth-order valence-corrected chi connectivity index (χ4v) is 6.90. The Morgan fingerprint density at radius 3 is 2.45 bits per heavy atom. The van der Waals surface area contributed by atoms with E-state index in [1.165, 1.54) is 14.9 Å². The van der Waals surface area contributed by atoms with Gasteiger partial charge < -0.3 is 4.90 Å². The second-order valence-electron chi connectivity index (χ2n) is 8.38. The number of hydrogen-bond acceptors (Lipinski definition) is 5. The van der Waals surface area contributed by atoms with Crippen LogP contribution in [0, 0.1) is 0 Å². The highest BCUT2D eigenvalue weighted by Crippen LogP contribution is 2.28. The maximum atomic E-state index is 13.3. The summed E-state index contributed by atoms with van der Waals surface area (Å²) in [6.45, 7) is 2.17. The highest BCUT2D eigenvalue weighted by molar-refractivity contribution is 7.89. The van der Waals surface area contributed by atoms with E-state index in [-0.39, 0.29) is 22.2 Å². The maximum Gasteiger partial charge on any atom is 0.308 e. The zero-order chi connectivity index (χ0) is 23.0. The van der Waals surface area contributed by atoms with Crippen LogP contribution in [-0.4, -0.2) is 54.3 Å². The fraction of sp³-hybridized carbons (Fsp3) is 0.333. The molecule has 7 nitrogen and oxygen atoms in total. The predicted molar refractivity (Wildman–Crippen MR) is 130 cm³/mol. The molecular weight excluding hydrogens is 458 g/mol. The van der Waals surface area contributed by atoms with Crippen molar-refractivity contribution in [1.29, 1.82) is 0 Å². The number of hydrogen-bond donors (Lipinski definition) is 0. The molecule has 0 atom stereocenters. The van der Waals surface area contributed by atoms with Crippen LogP contribution in [0.3, 0.4) is 0 Å². The van der Waals surface area contributed by atoms with Crippen LogP contribution in [0.1, 0.15) is 24.8 Å². The van der Waals surface area contributed by atoms with Gasteiger partial charge in [0.25, 0.3) is 0 Å². The zero-order valence-corrected chi connectivity index (χ0v) is 19.8. The highest BCUT2D eigenvalue weighted by Gasteiger charge is 2.27. The van der Waals surface area contributed by atoms with E-state index in [1.54, 1.807) is 17.0 Å². The van der Waals surface area contributed by atoms with Crippen molar-refractivity contribution in [1.82, 2.24) is 13.8 Å². The second kappa shape index (κ2) is 8.89. The Balaban J connectivity index is 1.38. The molecule has 0 saturated carbocycles. The van der Waals surface area contributed by atoms with Gasteiger partial charge in [-0.15, -0.1) is 0 Å². The van der Waals surface area contributed by atoms with E-state index in [0.717, 1.165) is 48.4 Å². The largest absolute Gasteiger partial charge is 0.341 e. The molecule has 2 aromatic carbocycles. The second-order valence-corrected chi connectivity index (χ2v) is 11.3. The van der Waals surface area contributed by atoms with Gasteiger partial charge >= 0.3 is 4.87 Å². The number of benzene rings is 2. The summed E-state index contributed by atoms with van der Waals surface area (Å²) in [7, 11) is -3.69. The predicted octanol–water partition coefficient (Wildman–Crippen LogP) is 3.16. The molecule has 1 saturated heterocycles. The summed E-state index contributed by atoms with van der Waals surface area (Å²) in [6.07, 6.45) is 4.59. The minimum atomic E-state index is -3.69. The summed E-state index contributed by atoms with van der Waals surface area (Å²) >= 11 is 0.980. The number of sulfonamides is 1. The third-order valence-corrected chi connectivity index (χ3v) is 9.15. The smallest absolute Gasteiger partial charge is 0.308 e. The van der Waals surface area contributed by atoms with E-state index < -0.39 is 10.0 Å². The zero-order valence-electron chi connectivity index (χ0n) is 18.1. The van der Waals surface area contributed by atoms with Crippen molar-refractivity contribution in [2.24, 2.45) is 0 Å². The summed E-state index contributed by atoms with van der Waals surface area (Å²) in [5.41, 5.74) is 2.86. The fourth-order valence-electron chi connectivity index (χ4n) is 4.49. The summed E-state index contributed by atoms with van der Waals surface area (Å²) in [5.74, 6) is -0.0691. The van der Waals surface area contributed by atoms with Gasteiger partial charge in [0.05, 0.1) is 15.1 Å². The van der Waals surface area contributed by atoms with Gasteiger partial charge in [0.1, 0.15) is 6.54 Å². The lowest BCUT2D eigenvalue weighted by atomic mass is 10.0. The van der Waals surface area contributed by atoms with Crippen molar-refractivity contribution in [3.05, 3.63) is 69.8 Å². The lowest BCUT2D eigenvalue weighted by Gasteiger charge is -2.26. The molecule has 0 aliphatic carbocycles. The molecule has 33 heavy (non-hydrogen) atoms. The Kier molecular flexibility index (Phi) is 5.94. The van der Waals surface area contributed by atoms with E-state index in [0.29, 0.717) is 29.7 Å². The molecule has 1 fully saturated rings. The molecule has 1 aromatic heterocycles. The number of rotatable bonds is 5. The van der Waals surface area contributed by atoms with Crippen LogP contribution >= 0.6 is 11.3 Å². The Labute approximate surface area is 196 Å². The number of aromatic nitrogens is 1. The molecule has 9 heteroatoms. The monoisotopic (exact) mass is 483 g/mol. The van der Waals surface area contributed by atoms with Crippen molar-refractivity contribution < 1.29 is 13.2 Å². The molecule has 3 heterocycles. The molecule has 0 radical (unpaired) electrons. The van der Waals surface area contributed by atoms with E-state index in [4.69, 9.17) is 0 Å². The lowest BCUT2D eigenvalue weighted by molar-refractivity contribution is -0.130. The minimum absolute atomic E-state index is 0.00981. The van der Waals surface area contributed by atoms with E-state index >= 15 is 0 Å². The van der Waals surface area contributed by atoms with Crippen LogP contribution in [0.15, 0.2) is 64.3 Å². The molecule has 3 aromatic rings. The topological polar surface area (TPSA) is 79.7 Å². The van der Waals surface area contributed by atoms with Gasteiger partial charge in [0.15, 0.2) is 0 Å². The Morgan fingerprint density at radius 1 is 1.00 bits per heavy atom. The lowest BCUT2D eigenvalue weighted by Crippen LogP contribution is -2.34. The van der Waals surface area contributed by atoms with Crippen molar-refractivity contribution in [3.63, 3.8) is 0 Å². The van der Waals surface area contributed by atoms with Gasteiger partial charge in [-0.1, -0.05) is 47.7 Å². The standard InChI is InChI=1S/C24H25N3O4S2/c28-23(25-12-4-5-13-25)17-27-21-9-8-20(16-22(21)32-24(27)29)33(30,31)26-14-10-19(11-15-26)18-6-2-1-3-7-18/h1-3,6-10,16H,4-5,11-15,17H2. The van der Waals surface area contributed by atoms with Gasteiger partial charge in [0, 0.05) is 26.2 Å².